The van der Waals surface area contributed by atoms with Crippen molar-refractivity contribution in [1.82, 2.24) is 29.6 Å². The van der Waals surface area contributed by atoms with E-state index >= 15 is 0 Å². The Hall–Kier alpha value is -8.36. The van der Waals surface area contributed by atoms with Gasteiger partial charge in [0, 0.05) is 36.7 Å². The summed E-state index contributed by atoms with van der Waals surface area (Å²) in [7, 11) is 9.55. The number of esters is 3. The summed E-state index contributed by atoms with van der Waals surface area (Å²) in [6, 6.07) is 30.3. The topological polar surface area (TPSA) is 226 Å². The van der Waals surface area contributed by atoms with E-state index in [4.69, 9.17) is 43.1 Å². The number of aliphatic carboxylic acids is 1. The molecule has 538 valence electrons. The Morgan fingerprint density at radius 1 is 0.505 bits per heavy atom. The van der Waals surface area contributed by atoms with Crippen molar-refractivity contribution >= 4 is 57.5 Å². The normalized spacial score (nSPS) is 25.8. The molecule has 6 heterocycles. The maximum absolute atomic E-state index is 14.7. The van der Waals surface area contributed by atoms with Crippen LogP contribution in [0.15, 0.2) is 97.1 Å². The number of carbonyl (C=O) groups excluding carboxylic acids is 5. The predicted octanol–water partition coefficient (Wildman–Crippen LogP) is 11.0. The van der Waals surface area contributed by atoms with Gasteiger partial charge in [-0.2, -0.15) is 0 Å². The highest BCUT2D eigenvalue weighted by Crippen LogP contribution is 2.46. The molecular formula is C81H100N6O14. The molecule has 2 saturated heterocycles. The molecule has 0 radical (unpaired) electrons. The summed E-state index contributed by atoms with van der Waals surface area (Å²) in [6.07, 6.45) is 14.5. The Morgan fingerprint density at radius 3 is 1.33 bits per heavy atom. The summed E-state index contributed by atoms with van der Waals surface area (Å²) in [5, 5.41) is 12.3. The zero-order valence-corrected chi connectivity index (χ0v) is 59.4. The van der Waals surface area contributed by atoms with Gasteiger partial charge in [-0.05, 0) is 188 Å². The smallest absolute Gasteiger partial charge is 0.328 e. The Labute approximate surface area is 593 Å². The van der Waals surface area contributed by atoms with Crippen molar-refractivity contribution in [3.8, 4) is 23.3 Å². The summed E-state index contributed by atoms with van der Waals surface area (Å²) in [5.41, 5.74) is 8.09. The number of nitrogens with zero attached hydrogens (tertiary/aromatic N) is 6. The van der Waals surface area contributed by atoms with Crippen LogP contribution in [0.4, 0.5) is 0 Å². The minimum atomic E-state index is -1.08. The number of aromatic nitrogens is 2. The van der Waals surface area contributed by atoms with Crippen molar-refractivity contribution in [2.75, 3.05) is 74.7 Å². The standard InChI is InChI=1S/C41H51N3O7.C40H49N3O7/c1-43(2)18-11-19-49-38-31-15-9-10-17-34(31)42-39-32(38)16-6-4-5-14-28-22-36(28)51-37(45)24-33(29-20-26-12-7-8-13-27(26)21-29)40(46)44-25-30(50-39)23-35(44)41(47)48-3;1-42(2)17-10-18-48-37-30-14-8-9-16-33(30)41-38-31(37)15-5-3-4-13-27-21-35(27)50-36(44)23-32(28-19-25-11-6-7-12-26(25)20-28)39(45)43-24-29(49-38)22-34(43)40(46)47/h7-10,12-13,15,17,28-30,33,35-36H,4-6,11,14,16,18-25H2,1-3H3;6-9,11-12,14,16,27-29,32,34-35H,3-5,10,13,15,17-24H2,1-2H3,(H,46,47)/t28-,30-,33+,35+,36-;27-,29-,32+,34+,35-/m11/s1. The first kappa shape index (κ1) is 71.1. The molecule has 4 aliphatic heterocycles. The van der Waals surface area contributed by atoms with E-state index in [0.717, 1.165) is 141 Å². The number of hydrogen-bond acceptors (Lipinski definition) is 17. The number of methoxy groups -OCH3 is 1. The van der Waals surface area contributed by atoms with Crippen LogP contribution in [0.2, 0.25) is 0 Å². The van der Waals surface area contributed by atoms with E-state index in [1.807, 2.05) is 80.8 Å². The van der Waals surface area contributed by atoms with Crippen LogP contribution < -0.4 is 18.9 Å². The van der Waals surface area contributed by atoms with Crippen LogP contribution in [0.3, 0.4) is 0 Å². The van der Waals surface area contributed by atoms with Crippen molar-refractivity contribution in [2.24, 2.45) is 35.5 Å². The number of ether oxygens (including phenoxy) is 7. The van der Waals surface area contributed by atoms with Crippen molar-refractivity contribution in [3.05, 3.63) is 130 Å². The second-order valence-corrected chi connectivity index (χ2v) is 30.1. The van der Waals surface area contributed by atoms with Crippen molar-refractivity contribution < 1.29 is 67.0 Å². The fraction of sp³-hybridized carbons (Fsp3) is 0.556. The van der Waals surface area contributed by atoms with Gasteiger partial charge >= 0.3 is 23.9 Å². The second kappa shape index (κ2) is 32.3. The van der Waals surface area contributed by atoms with Gasteiger partial charge in [0.05, 0.1) is 80.3 Å². The Kier molecular flexibility index (Phi) is 22.7. The first-order valence-electron chi connectivity index (χ1n) is 37.2. The van der Waals surface area contributed by atoms with E-state index in [9.17, 15) is 33.9 Å². The average molecular weight is 1380 g/mol. The molecule has 2 saturated carbocycles. The summed E-state index contributed by atoms with van der Waals surface area (Å²) in [5.74, 6) is -1.12. The highest BCUT2D eigenvalue weighted by molar-refractivity contribution is 5.91. The van der Waals surface area contributed by atoms with E-state index in [1.54, 1.807) is 4.90 Å². The zero-order chi connectivity index (χ0) is 70.3. The van der Waals surface area contributed by atoms with Gasteiger partial charge in [0.2, 0.25) is 23.6 Å². The summed E-state index contributed by atoms with van der Waals surface area (Å²) in [4.78, 5) is 99.3. The van der Waals surface area contributed by atoms with Gasteiger partial charge in [0.15, 0.2) is 0 Å². The van der Waals surface area contributed by atoms with Crippen LogP contribution in [-0.4, -0.2) is 182 Å². The van der Waals surface area contributed by atoms with Gasteiger partial charge in [0.25, 0.3) is 0 Å². The fourth-order valence-electron chi connectivity index (χ4n) is 16.6. The van der Waals surface area contributed by atoms with Gasteiger partial charge in [0.1, 0.15) is 48.0 Å². The molecule has 14 rings (SSSR count). The number of carbonyl (C=O) groups is 6. The zero-order valence-electron chi connectivity index (χ0n) is 59.4. The number of carboxylic acids is 1. The molecule has 1 N–H and O–H groups in total. The van der Waals surface area contributed by atoms with Crippen LogP contribution in [0.25, 0.3) is 21.8 Å². The number of para-hydroxylation sites is 2. The molecule has 4 aliphatic carbocycles. The number of hydrogen-bond donors (Lipinski definition) is 1. The minimum Gasteiger partial charge on any atom is -0.492 e. The third kappa shape index (κ3) is 17.1. The van der Waals surface area contributed by atoms with E-state index in [-0.39, 0.29) is 86.6 Å². The second-order valence-electron chi connectivity index (χ2n) is 30.1. The van der Waals surface area contributed by atoms with Gasteiger partial charge in [-0.1, -0.05) is 98.5 Å². The van der Waals surface area contributed by atoms with Crippen LogP contribution in [0.5, 0.6) is 23.3 Å². The number of amides is 2. The lowest BCUT2D eigenvalue weighted by atomic mass is 9.85. The molecule has 4 fully saturated rings. The predicted molar refractivity (Wildman–Crippen MR) is 381 cm³/mol. The Morgan fingerprint density at radius 2 is 0.911 bits per heavy atom. The molecule has 4 aromatic carbocycles. The molecular weight excluding hydrogens is 1280 g/mol. The van der Waals surface area contributed by atoms with E-state index < -0.39 is 48.1 Å². The molecule has 20 nitrogen and oxygen atoms in total. The molecule has 10 atom stereocenters. The molecule has 2 amide bonds. The third-order valence-electron chi connectivity index (χ3n) is 22.2. The molecule has 2 aromatic heterocycles. The highest BCUT2D eigenvalue weighted by atomic mass is 16.6. The number of benzene rings is 4. The summed E-state index contributed by atoms with van der Waals surface area (Å²) in [6.45, 7) is 3.19. The van der Waals surface area contributed by atoms with Gasteiger partial charge in [-0.15, -0.1) is 0 Å². The van der Waals surface area contributed by atoms with Crippen molar-refractivity contribution in [3.63, 3.8) is 0 Å². The molecule has 101 heavy (non-hydrogen) atoms. The molecule has 0 unspecified atom stereocenters. The van der Waals surface area contributed by atoms with E-state index in [0.29, 0.717) is 68.9 Å². The van der Waals surface area contributed by atoms with Crippen LogP contribution >= 0.6 is 0 Å². The number of fused-ring (bicyclic) bond motifs is 12. The number of rotatable bonds is 14. The van der Waals surface area contributed by atoms with Crippen molar-refractivity contribution in [2.45, 2.75) is 178 Å². The molecule has 4 bridgehead atoms. The quantitative estimate of drug-likeness (QED) is 0.0607. The lowest BCUT2D eigenvalue weighted by molar-refractivity contribution is -0.156. The molecule has 6 aromatic rings. The number of carboxylic acid groups (broad SMARTS) is 1. The van der Waals surface area contributed by atoms with Gasteiger partial charge in [-0.3, -0.25) is 19.2 Å². The summed E-state index contributed by atoms with van der Waals surface area (Å²) >= 11 is 0. The SMILES string of the molecule is CN(C)CCCOc1c2c(nc3ccccc13)O[C@@H]1C[C@@H](C(=O)O)N(C1)C(=O)[C@H](C1Cc3ccccc3C1)CC(=O)O[C@@H]1C[C@H]1CCCCC2.COC(=O)[C@@H]1C[C@@H]2CN1C(=O)[C@H](C1Cc3ccccc3C1)CC(=O)O[C@@H]1C[C@H]1CCCCCc1c(nc3ccccc3c1OCCCN(C)C)O2. The van der Waals surface area contributed by atoms with Gasteiger partial charge in [-0.25, -0.2) is 19.6 Å². The van der Waals surface area contributed by atoms with E-state index in [1.165, 1.54) is 34.3 Å². The van der Waals surface area contributed by atoms with E-state index in [2.05, 4.69) is 54.2 Å². The molecule has 0 spiro atoms. The highest BCUT2D eigenvalue weighted by Gasteiger charge is 2.50. The lowest BCUT2D eigenvalue weighted by Crippen LogP contribution is -2.46. The lowest BCUT2D eigenvalue weighted by Gasteiger charge is -2.30. The van der Waals surface area contributed by atoms with Crippen molar-refractivity contribution in [1.29, 1.82) is 0 Å². The maximum Gasteiger partial charge on any atom is 0.328 e. The van der Waals surface area contributed by atoms with Crippen LogP contribution in [-0.2, 0) is 81.5 Å². The fourth-order valence-corrected chi connectivity index (χ4v) is 16.6. The van der Waals surface area contributed by atoms with Crippen LogP contribution in [0, 0.1) is 35.5 Å². The Bertz CT molecular complexity index is 3920. The largest absolute Gasteiger partial charge is 0.492 e. The minimum absolute atomic E-state index is 0.0124. The Balaban J connectivity index is 0.000000181. The van der Waals surface area contributed by atoms with Gasteiger partial charge < -0.3 is 57.9 Å². The summed E-state index contributed by atoms with van der Waals surface area (Å²) < 4.78 is 43.7. The molecule has 8 aliphatic rings. The van der Waals surface area contributed by atoms with Crippen LogP contribution in [0.1, 0.15) is 136 Å². The average Bonchev–Trinajstić information content (AvgIpc) is 1.72. The maximum atomic E-state index is 14.7. The first-order valence-corrected chi connectivity index (χ1v) is 37.2. The molecule has 20 heteroatoms. The third-order valence-corrected chi connectivity index (χ3v) is 22.2. The number of pyridine rings is 2. The first-order chi connectivity index (χ1) is 49.0. The monoisotopic (exact) mass is 1380 g/mol.